The van der Waals surface area contributed by atoms with Crippen LogP contribution in [0.2, 0.25) is 0 Å². The Morgan fingerprint density at radius 1 is 1.50 bits per heavy atom. The largest absolute Gasteiger partial charge is 0.337 e. The number of imidazole rings is 1. The van der Waals surface area contributed by atoms with E-state index in [-0.39, 0.29) is 0 Å². The number of aryl methyl sites for hydroxylation is 1. The Labute approximate surface area is 86.5 Å². The normalized spacial score (nSPS) is 15.4. The molecule has 0 aromatic carbocycles. The molecule has 14 heavy (non-hydrogen) atoms. The molecule has 0 saturated heterocycles. The van der Waals surface area contributed by atoms with E-state index in [1.54, 1.807) is 0 Å². The van der Waals surface area contributed by atoms with Crippen molar-refractivity contribution in [1.29, 1.82) is 0 Å². The summed E-state index contributed by atoms with van der Waals surface area (Å²) in [6, 6.07) is 0.892. The molecule has 2 unspecified atom stereocenters. The van der Waals surface area contributed by atoms with Crippen molar-refractivity contribution in [2.45, 2.75) is 45.7 Å². The summed E-state index contributed by atoms with van der Waals surface area (Å²) in [4.78, 5) is 4.33. The predicted molar refractivity (Wildman–Crippen MR) is 59.1 cm³/mol. The van der Waals surface area contributed by atoms with Crippen molar-refractivity contribution in [3.8, 4) is 0 Å². The highest BCUT2D eigenvalue weighted by Crippen LogP contribution is 2.10. The SMILES string of the molecule is CCCC(C)NC(C)c1nccn1C. The molecular weight excluding hydrogens is 174 g/mol. The molecule has 1 aromatic rings. The lowest BCUT2D eigenvalue weighted by Crippen LogP contribution is -2.30. The van der Waals surface area contributed by atoms with Crippen molar-refractivity contribution >= 4 is 0 Å². The van der Waals surface area contributed by atoms with Gasteiger partial charge in [0.1, 0.15) is 5.82 Å². The summed E-state index contributed by atoms with van der Waals surface area (Å²) >= 11 is 0. The van der Waals surface area contributed by atoms with E-state index in [9.17, 15) is 0 Å². The quantitative estimate of drug-likeness (QED) is 0.781. The van der Waals surface area contributed by atoms with Crippen molar-refractivity contribution in [3.05, 3.63) is 18.2 Å². The summed E-state index contributed by atoms with van der Waals surface area (Å²) in [6.45, 7) is 6.60. The van der Waals surface area contributed by atoms with Gasteiger partial charge in [0.05, 0.1) is 6.04 Å². The summed E-state index contributed by atoms with van der Waals surface area (Å²) in [5, 5.41) is 3.54. The number of rotatable bonds is 5. The van der Waals surface area contributed by atoms with E-state index in [0.29, 0.717) is 12.1 Å². The summed E-state index contributed by atoms with van der Waals surface area (Å²) in [6.07, 6.45) is 6.27. The van der Waals surface area contributed by atoms with Crippen LogP contribution in [0.4, 0.5) is 0 Å². The van der Waals surface area contributed by atoms with Crippen LogP contribution in [0, 0.1) is 0 Å². The minimum Gasteiger partial charge on any atom is -0.337 e. The third-order valence-electron chi connectivity index (χ3n) is 2.50. The smallest absolute Gasteiger partial charge is 0.125 e. The van der Waals surface area contributed by atoms with Gasteiger partial charge in [0.15, 0.2) is 0 Å². The van der Waals surface area contributed by atoms with E-state index in [1.807, 2.05) is 19.4 Å². The van der Waals surface area contributed by atoms with Gasteiger partial charge in [-0.1, -0.05) is 13.3 Å². The topological polar surface area (TPSA) is 29.9 Å². The van der Waals surface area contributed by atoms with E-state index in [0.717, 1.165) is 5.82 Å². The van der Waals surface area contributed by atoms with Crippen LogP contribution < -0.4 is 5.32 Å². The van der Waals surface area contributed by atoms with Crippen molar-refractivity contribution in [1.82, 2.24) is 14.9 Å². The predicted octanol–water partition coefficient (Wildman–Crippen LogP) is 2.26. The standard InChI is InChI=1S/C11H21N3/c1-5-6-9(2)13-10(3)11-12-7-8-14(11)4/h7-10,13H,5-6H2,1-4H3. The van der Waals surface area contributed by atoms with Crippen LogP contribution in [-0.2, 0) is 7.05 Å². The highest BCUT2D eigenvalue weighted by Gasteiger charge is 2.11. The molecule has 0 aliphatic carbocycles. The first-order valence-corrected chi connectivity index (χ1v) is 5.38. The average molecular weight is 195 g/mol. The Balaban J connectivity index is 2.50. The lowest BCUT2D eigenvalue weighted by atomic mass is 10.1. The van der Waals surface area contributed by atoms with Crippen LogP contribution in [0.5, 0.6) is 0 Å². The molecule has 3 heteroatoms. The van der Waals surface area contributed by atoms with Crippen LogP contribution in [0.25, 0.3) is 0 Å². The zero-order valence-corrected chi connectivity index (χ0v) is 9.62. The summed E-state index contributed by atoms with van der Waals surface area (Å²) in [5.41, 5.74) is 0. The van der Waals surface area contributed by atoms with Gasteiger partial charge in [0, 0.05) is 25.5 Å². The van der Waals surface area contributed by atoms with Gasteiger partial charge in [-0.3, -0.25) is 0 Å². The third kappa shape index (κ3) is 2.84. The first kappa shape index (κ1) is 11.2. The van der Waals surface area contributed by atoms with Gasteiger partial charge in [-0.05, 0) is 20.3 Å². The maximum absolute atomic E-state index is 4.33. The molecule has 2 atom stereocenters. The van der Waals surface area contributed by atoms with Gasteiger partial charge in [-0.2, -0.15) is 0 Å². The number of hydrogen-bond acceptors (Lipinski definition) is 2. The molecule has 1 rings (SSSR count). The zero-order chi connectivity index (χ0) is 10.6. The van der Waals surface area contributed by atoms with Gasteiger partial charge < -0.3 is 9.88 Å². The highest BCUT2D eigenvalue weighted by atomic mass is 15.1. The van der Waals surface area contributed by atoms with Gasteiger partial charge in [0.2, 0.25) is 0 Å². The summed E-state index contributed by atoms with van der Waals surface area (Å²) in [7, 11) is 2.03. The average Bonchev–Trinajstić information content (AvgIpc) is 2.51. The second kappa shape index (κ2) is 5.15. The molecule has 0 aliphatic heterocycles. The maximum Gasteiger partial charge on any atom is 0.125 e. The Hall–Kier alpha value is -0.830. The van der Waals surface area contributed by atoms with Crippen molar-refractivity contribution in [3.63, 3.8) is 0 Å². The number of aromatic nitrogens is 2. The van der Waals surface area contributed by atoms with Crippen LogP contribution in [-0.4, -0.2) is 15.6 Å². The molecule has 1 heterocycles. The second-order valence-electron chi connectivity index (χ2n) is 3.97. The van der Waals surface area contributed by atoms with Crippen molar-refractivity contribution in [2.75, 3.05) is 0 Å². The number of nitrogens with one attached hydrogen (secondary N) is 1. The molecule has 0 saturated carbocycles. The first-order chi connectivity index (χ1) is 6.65. The Kier molecular flexibility index (Phi) is 4.14. The van der Waals surface area contributed by atoms with Crippen LogP contribution in [0.3, 0.4) is 0 Å². The van der Waals surface area contributed by atoms with Crippen LogP contribution >= 0.6 is 0 Å². The Morgan fingerprint density at radius 3 is 2.71 bits per heavy atom. The molecule has 0 spiro atoms. The third-order valence-corrected chi connectivity index (χ3v) is 2.50. The zero-order valence-electron chi connectivity index (χ0n) is 9.62. The minimum absolute atomic E-state index is 0.330. The van der Waals surface area contributed by atoms with Crippen molar-refractivity contribution in [2.24, 2.45) is 7.05 Å². The van der Waals surface area contributed by atoms with Gasteiger partial charge in [-0.15, -0.1) is 0 Å². The lowest BCUT2D eigenvalue weighted by molar-refractivity contribution is 0.433. The van der Waals surface area contributed by atoms with E-state index < -0.39 is 0 Å². The second-order valence-corrected chi connectivity index (χ2v) is 3.97. The Morgan fingerprint density at radius 2 is 2.21 bits per heavy atom. The van der Waals surface area contributed by atoms with Crippen LogP contribution in [0.1, 0.15) is 45.5 Å². The number of hydrogen-bond donors (Lipinski definition) is 1. The van der Waals surface area contributed by atoms with Crippen LogP contribution in [0.15, 0.2) is 12.4 Å². The monoisotopic (exact) mass is 195 g/mol. The van der Waals surface area contributed by atoms with E-state index in [4.69, 9.17) is 0 Å². The lowest BCUT2D eigenvalue weighted by Gasteiger charge is -2.19. The molecular formula is C11H21N3. The van der Waals surface area contributed by atoms with Gasteiger partial charge >= 0.3 is 0 Å². The summed E-state index contributed by atoms with van der Waals surface area (Å²) < 4.78 is 2.07. The van der Waals surface area contributed by atoms with E-state index in [2.05, 4.69) is 35.6 Å². The highest BCUT2D eigenvalue weighted by molar-refractivity contribution is 4.97. The fraction of sp³-hybridized carbons (Fsp3) is 0.727. The fourth-order valence-electron chi connectivity index (χ4n) is 1.81. The van der Waals surface area contributed by atoms with Gasteiger partial charge in [0.25, 0.3) is 0 Å². The Bertz CT molecular complexity index is 267. The van der Waals surface area contributed by atoms with E-state index in [1.165, 1.54) is 12.8 Å². The molecule has 0 aliphatic rings. The van der Waals surface area contributed by atoms with Crippen molar-refractivity contribution < 1.29 is 0 Å². The summed E-state index contributed by atoms with van der Waals surface area (Å²) in [5.74, 6) is 1.10. The molecule has 1 N–H and O–H groups in total. The molecule has 0 radical (unpaired) electrons. The molecule has 0 fully saturated rings. The minimum atomic E-state index is 0.330. The number of nitrogens with zero attached hydrogens (tertiary/aromatic N) is 2. The van der Waals surface area contributed by atoms with Gasteiger partial charge in [-0.25, -0.2) is 4.98 Å². The maximum atomic E-state index is 4.33. The molecule has 0 bridgehead atoms. The molecule has 0 amide bonds. The first-order valence-electron chi connectivity index (χ1n) is 5.38. The molecule has 80 valence electrons. The fourth-order valence-corrected chi connectivity index (χ4v) is 1.81. The molecule has 1 aromatic heterocycles. The molecule has 3 nitrogen and oxygen atoms in total. The van der Waals surface area contributed by atoms with E-state index >= 15 is 0 Å².